The number of hydrogen-bond acceptors (Lipinski definition) is 2. The van der Waals surface area contributed by atoms with Crippen molar-refractivity contribution in [1.29, 1.82) is 0 Å². The molecule has 2 aromatic rings. The molecule has 109 valence electrons. The molecule has 1 saturated carbocycles. The topological polar surface area (TPSA) is 38.4 Å². The highest BCUT2D eigenvalue weighted by Crippen LogP contribution is 2.50. The fraction of sp³-hybridized carbons (Fsp3) is 0.333. The van der Waals surface area contributed by atoms with E-state index < -0.39 is 5.60 Å². The molecule has 0 amide bonds. The van der Waals surface area contributed by atoms with Crippen LogP contribution in [-0.2, 0) is 10.7 Å². The Morgan fingerprint density at radius 3 is 1.48 bits per heavy atom. The van der Waals surface area contributed by atoms with Gasteiger partial charge < -0.3 is 9.47 Å². The van der Waals surface area contributed by atoms with Gasteiger partial charge in [-0.25, -0.2) is 5.11 Å². The number of methoxy groups -OCH3 is 2. The highest BCUT2D eigenvalue weighted by Gasteiger charge is 2.48. The van der Waals surface area contributed by atoms with Gasteiger partial charge in [0.2, 0.25) is 0 Å². The van der Waals surface area contributed by atoms with Crippen LogP contribution in [0, 0.1) is 5.92 Å². The van der Waals surface area contributed by atoms with E-state index in [9.17, 15) is 5.11 Å². The maximum Gasteiger partial charge on any atom is 0.156 e. The Morgan fingerprint density at radius 1 is 0.810 bits per heavy atom. The third-order valence-electron chi connectivity index (χ3n) is 4.19. The lowest BCUT2D eigenvalue weighted by Crippen LogP contribution is -2.28. The van der Waals surface area contributed by atoms with Crippen LogP contribution in [0.4, 0.5) is 0 Å². The molecule has 0 bridgehead atoms. The average molecular weight is 283 g/mol. The Bertz CT molecular complexity index is 550. The fourth-order valence-corrected chi connectivity index (χ4v) is 2.81. The lowest BCUT2D eigenvalue weighted by Gasteiger charge is -2.27. The second kappa shape index (κ2) is 5.41. The van der Waals surface area contributed by atoms with E-state index in [0.717, 1.165) is 35.5 Å². The Labute approximate surface area is 125 Å². The molecule has 0 heterocycles. The first-order valence-corrected chi connectivity index (χ1v) is 7.18. The summed E-state index contributed by atoms with van der Waals surface area (Å²) in [6.45, 7) is 0. The maximum absolute atomic E-state index is 13.6. The van der Waals surface area contributed by atoms with Gasteiger partial charge in [0.1, 0.15) is 11.5 Å². The van der Waals surface area contributed by atoms with E-state index in [0.29, 0.717) is 0 Å². The molecule has 1 fully saturated rings. The van der Waals surface area contributed by atoms with Gasteiger partial charge in [-0.05, 0) is 54.2 Å². The van der Waals surface area contributed by atoms with Crippen LogP contribution in [0.1, 0.15) is 24.0 Å². The summed E-state index contributed by atoms with van der Waals surface area (Å²) in [5.41, 5.74) is 0.422. The standard InChI is InChI=1S/C18H19O3/c1-20-16-9-5-14(6-10-16)18(19,13-3-4-13)15-7-11-17(21-2)12-8-15/h5-13H,3-4H2,1-2H3. The summed E-state index contributed by atoms with van der Waals surface area (Å²) < 4.78 is 10.4. The zero-order chi connectivity index (χ0) is 14.9. The van der Waals surface area contributed by atoms with Gasteiger partial charge in [0, 0.05) is 0 Å². The van der Waals surface area contributed by atoms with Gasteiger partial charge in [0.15, 0.2) is 5.60 Å². The van der Waals surface area contributed by atoms with E-state index in [1.807, 2.05) is 48.5 Å². The summed E-state index contributed by atoms with van der Waals surface area (Å²) in [4.78, 5) is 0. The molecule has 0 aliphatic heterocycles. The molecule has 2 aromatic carbocycles. The molecule has 1 radical (unpaired) electrons. The lowest BCUT2D eigenvalue weighted by atomic mass is 9.82. The first-order chi connectivity index (χ1) is 10.2. The summed E-state index contributed by atoms with van der Waals surface area (Å²) >= 11 is 0. The van der Waals surface area contributed by atoms with Crippen LogP contribution in [0.2, 0.25) is 0 Å². The minimum Gasteiger partial charge on any atom is -0.497 e. The van der Waals surface area contributed by atoms with Crippen molar-refractivity contribution in [2.45, 2.75) is 18.4 Å². The SMILES string of the molecule is COc1ccc(C([O])(c2ccc(OC)cc2)C2CC2)cc1. The number of ether oxygens (including phenoxy) is 2. The van der Waals surface area contributed by atoms with Crippen LogP contribution in [0.5, 0.6) is 11.5 Å². The van der Waals surface area contributed by atoms with Crippen molar-refractivity contribution in [3.05, 3.63) is 59.7 Å². The molecule has 0 saturated heterocycles. The number of hydrogen-bond donors (Lipinski definition) is 0. The summed E-state index contributed by atoms with van der Waals surface area (Å²) in [5.74, 6) is 1.71. The summed E-state index contributed by atoms with van der Waals surface area (Å²) in [5, 5.41) is 13.6. The van der Waals surface area contributed by atoms with E-state index in [2.05, 4.69) is 0 Å². The summed E-state index contributed by atoms with van der Waals surface area (Å²) in [6.07, 6.45) is 1.98. The van der Waals surface area contributed by atoms with Gasteiger partial charge in [-0.15, -0.1) is 0 Å². The van der Waals surface area contributed by atoms with Gasteiger partial charge in [0.05, 0.1) is 14.2 Å². The average Bonchev–Trinajstić information content (AvgIpc) is 3.39. The number of rotatable bonds is 5. The fourth-order valence-electron chi connectivity index (χ4n) is 2.81. The molecule has 1 aliphatic rings. The Balaban J connectivity index is 2.01. The van der Waals surface area contributed by atoms with Crippen LogP contribution in [0.25, 0.3) is 0 Å². The zero-order valence-electron chi connectivity index (χ0n) is 12.3. The molecule has 0 aromatic heterocycles. The van der Waals surface area contributed by atoms with Crippen molar-refractivity contribution in [2.75, 3.05) is 14.2 Å². The van der Waals surface area contributed by atoms with Crippen molar-refractivity contribution in [3.8, 4) is 11.5 Å². The van der Waals surface area contributed by atoms with Crippen LogP contribution < -0.4 is 9.47 Å². The van der Waals surface area contributed by atoms with Crippen molar-refractivity contribution in [3.63, 3.8) is 0 Å². The van der Waals surface area contributed by atoms with Crippen molar-refractivity contribution in [1.82, 2.24) is 0 Å². The van der Waals surface area contributed by atoms with Crippen molar-refractivity contribution >= 4 is 0 Å². The largest absolute Gasteiger partial charge is 0.497 e. The zero-order valence-corrected chi connectivity index (χ0v) is 12.3. The van der Waals surface area contributed by atoms with Crippen LogP contribution in [-0.4, -0.2) is 14.2 Å². The summed E-state index contributed by atoms with van der Waals surface area (Å²) in [6, 6.07) is 15.0. The summed E-state index contributed by atoms with van der Waals surface area (Å²) in [7, 11) is 3.26. The highest BCUT2D eigenvalue weighted by molar-refractivity contribution is 5.42. The molecule has 3 rings (SSSR count). The maximum atomic E-state index is 13.6. The third-order valence-corrected chi connectivity index (χ3v) is 4.19. The molecule has 3 heteroatoms. The highest BCUT2D eigenvalue weighted by atomic mass is 16.5. The Kier molecular flexibility index (Phi) is 3.60. The molecule has 21 heavy (non-hydrogen) atoms. The van der Waals surface area contributed by atoms with E-state index in [4.69, 9.17) is 9.47 Å². The van der Waals surface area contributed by atoms with Gasteiger partial charge in [-0.1, -0.05) is 24.3 Å². The lowest BCUT2D eigenvalue weighted by molar-refractivity contribution is -0.0175. The Morgan fingerprint density at radius 2 is 1.19 bits per heavy atom. The van der Waals surface area contributed by atoms with Crippen molar-refractivity contribution < 1.29 is 14.6 Å². The predicted molar refractivity (Wildman–Crippen MR) is 80.2 cm³/mol. The van der Waals surface area contributed by atoms with E-state index in [-0.39, 0.29) is 5.92 Å². The first kappa shape index (κ1) is 14.0. The van der Waals surface area contributed by atoms with E-state index in [1.165, 1.54) is 0 Å². The van der Waals surface area contributed by atoms with Crippen LogP contribution in [0.15, 0.2) is 48.5 Å². The van der Waals surface area contributed by atoms with E-state index in [1.54, 1.807) is 14.2 Å². The third kappa shape index (κ3) is 2.49. The van der Waals surface area contributed by atoms with Crippen LogP contribution >= 0.6 is 0 Å². The quantitative estimate of drug-likeness (QED) is 0.837. The molecule has 1 aliphatic carbocycles. The molecule has 3 nitrogen and oxygen atoms in total. The predicted octanol–water partition coefficient (Wildman–Crippen LogP) is 3.79. The monoisotopic (exact) mass is 283 g/mol. The van der Waals surface area contributed by atoms with Crippen molar-refractivity contribution in [2.24, 2.45) is 5.92 Å². The second-order valence-electron chi connectivity index (χ2n) is 5.47. The van der Waals surface area contributed by atoms with E-state index >= 15 is 0 Å². The van der Waals surface area contributed by atoms with Crippen LogP contribution in [0.3, 0.4) is 0 Å². The second-order valence-corrected chi connectivity index (χ2v) is 5.47. The minimum atomic E-state index is -1.18. The molecule has 0 atom stereocenters. The first-order valence-electron chi connectivity index (χ1n) is 7.18. The molecular formula is C18H19O3. The number of benzene rings is 2. The van der Waals surface area contributed by atoms with Gasteiger partial charge >= 0.3 is 0 Å². The molecule has 0 unspecified atom stereocenters. The van der Waals surface area contributed by atoms with Gasteiger partial charge in [-0.2, -0.15) is 0 Å². The molecular weight excluding hydrogens is 264 g/mol. The molecule has 0 N–H and O–H groups in total. The normalized spacial score (nSPS) is 14.8. The smallest absolute Gasteiger partial charge is 0.156 e. The minimum absolute atomic E-state index is 0.166. The van der Waals surface area contributed by atoms with Gasteiger partial charge in [0.25, 0.3) is 0 Å². The van der Waals surface area contributed by atoms with Gasteiger partial charge in [-0.3, -0.25) is 0 Å². The Hall–Kier alpha value is -2.00. The molecule has 0 spiro atoms.